The number of rotatable bonds is 6. The Balaban J connectivity index is 1.57. The summed E-state index contributed by atoms with van der Waals surface area (Å²) < 4.78 is 5.33. The van der Waals surface area contributed by atoms with Crippen molar-refractivity contribution >= 4 is 50.9 Å². The molecule has 5 nitrogen and oxygen atoms in total. The number of esters is 1. The average Bonchev–Trinajstić information content (AvgIpc) is 3.14. The molecule has 4 rings (SSSR count). The fraction of sp³-hybridized carbons (Fsp3) is 0.417. The van der Waals surface area contributed by atoms with Crippen LogP contribution in [0, 0.1) is 6.92 Å². The van der Waals surface area contributed by atoms with Gasteiger partial charge < -0.3 is 15.0 Å². The number of nitrogens with one attached hydrogen (secondary N) is 2. The van der Waals surface area contributed by atoms with Crippen LogP contribution in [0.15, 0.2) is 29.2 Å². The van der Waals surface area contributed by atoms with Crippen LogP contribution in [0.2, 0.25) is 0 Å². The SMILES string of the molecule is CCOC(=O)c1c(NC(=O)[C@@H](C)Sc2c(C)[nH]c3ccccc23)sc2c1CCCCC2. The quantitative estimate of drug-likeness (QED) is 0.267. The van der Waals surface area contributed by atoms with Gasteiger partial charge in [0.2, 0.25) is 5.91 Å². The zero-order valence-corrected chi connectivity index (χ0v) is 19.8. The number of aryl methyl sites for hydroxylation is 2. The summed E-state index contributed by atoms with van der Waals surface area (Å²) in [6.07, 6.45) is 5.18. The minimum absolute atomic E-state index is 0.100. The molecule has 0 radical (unpaired) electrons. The summed E-state index contributed by atoms with van der Waals surface area (Å²) in [5.41, 5.74) is 3.77. The van der Waals surface area contributed by atoms with Crippen LogP contribution in [0.25, 0.3) is 10.9 Å². The largest absolute Gasteiger partial charge is 0.462 e. The Morgan fingerprint density at radius 3 is 2.81 bits per heavy atom. The van der Waals surface area contributed by atoms with E-state index in [2.05, 4.69) is 16.4 Å². The van der Waals surface area contributed by atoms with Crippen molar-refractivity contribution in [3.63, 3.8) is 0 Å². The maximum Gasteiger partial charge on any atom is 0.341 e. The Kier molecular flexibility index (Phi) is 6.72. The highest BCUT2D eigenvalue weighted by atomic mass is 32.2. The first-order chi connectivity index (χ1) is 15.0. The number of hydrogen-bond acceptors (Lipinski definition) is 5. The van der Waals surface area contributed by atoms with E-state index in [1.165, 1.54) is 11.3 Å². The van der Waals surface area contributed by atoms with Gasteiger partial charge in [-0.1, -0.05) is 24.6 Å². The lowest BCUT2D eigenvalue weighted by atomic mass is 10.1. The van der Waals surface area contributed by atoms with Crippen molar-refractivity contribution in [2.24, 2.45) is 0 Å². The molecule has 0 bridgehead atoms. The van der Waals surface area contributed by atoms with Crippen LogP contribution in [0.3, 0.4) is 0 Å². The molecule has 1 amide bonds. The van der Waals surface area contributed by atoms with Crippen molar-refractivity contribution in [2.45, 2.75) is 63.0 Å². The molecule has 1 aromatic carbocycles. The molecule has 7 heteroatoms. The number of thioether (sulfide) groups is 1. The number of para-hydroxylation sites is 1. The minimum Gasteiger partial charge on any atom is -0.462 e. The standard InChI is InChI=1S/C24H28N2O3S2/c1-4-29-24(28)20-17-11-6-5-7-13-19(17)31-23(20)26-22(27)15(3)30-21-14(2)25-18-12-9-8-10-16(18)21/h8-10,12,15,25H,4-7,11,13H2,1-3H3,(H,26,27)/t15-/m1/s1. The first kappa shape index (κ1) is 22.0. The van der Waals surface area contributed by atoms with Crippen molar-refractivity contribution in [1.29, 1.82) is 0 Å². The van der Waals surface area contributed by atoms with E-state index in [-0.39, 0.29) is 17.1 Å². The van der Waals surface area contributed by atoms with Crippen LogP contribution >= 0.6 is 23.1 Å². The normalized spacial score (nSPS) is 14.7. The maximum absolute atomic E-state index is 13.1. The predicted molar refractivity (Wildman–Crippen MR) is 129 cm³/mol. The molecular formula is C24H28N2O3S2. The molecule has 0 spiro atoms. The van der Waals surface area contributed by atoms with E-state index in [4.69, 9.17) is 4.74 Å². The van der Waals surface area contributed by atoms with Gasteiger partial charge in [-0.05, 0) is 58.1 Å². The van der Waals surface area contributed by atoms with E-state index in [1.54, 1.807) is 23.1 Å². The third-order valence-corrected chi connectivity index (χ3v) is 8.17. The van der Waals surface area contributed by atoms with Crippen molar-refractivity contribution in [3.05, 3.63) is 46.0 Å². The number of aromatic amines is 1. The van der Waals surface area contributed by atoms with Gasteiger partial charge in [0.15, 0.2) is 0 Å². The fourth-order valence-corrected chi connectivity index (χ4v) is 6.43. The van der Waals surface area contributed by atoms with Crippen LogP contribution in [0.1, 0.15) is 59.6 Å². The first-order valence-corrected chi connectivity index (χ1v) is 12.6. The summed E-state index contributed by atoms with van der Waals surface area (Å²) in [5.74, 6) is -0.429. The molecule has 0 unspecified atom stereocenters. The number of anilines is 1. The Morgan fingerprint density at radius 2 is 2.00 bits per heavy atom. The van der Waals surface area contributed by atoms with Crippen LogP contribution < -0.4 is 5.32 Å². The Bertz CT molecular complexity index is 1120. The number of amides is 1. The zero-order valence-electron chi connectivity index (χ0n) is 18.2. The molecular weight excluding hydrogens is 428 g/mol. The van der Waals surface area contributed by atoms with Crippen LogP contribution in [0.4, 0.5) is 5.00 Å². The number of hydrogen-bond donors (Lipinski definition) is 2. The van der Waals surface area contributed by atoms with Gasteiger partial charge in [-0.3, -0.25) is 4.79 Å². The van der Waals surface area contributed by atoms with Gasteiger partial charge in [0.1, 0.15) is 5.00 Å². The molecule has 31 heavy (non-hydrogen) atoms. The monoisotopic (exact) mass is 456 g/mol. The summed E-state index contributed by atoms with van der Waals surface area (Å²) in [6.45, 7) is 6.07. The predicted octanol–water partition coefficient (Wildman–Crippen LogP) is 6.10. The second-order valence-electron chi connectivity index (χ2n) is 7.86. The molecule has 1 aliphatic rings. The summed E-state index contributed by atoms with van der Waals surface area (Å²) in [5, 5.41) is 4.51. The molecule has 0 saturated carbocycles. The summed E-state index contributed by atoms with van der Waals surface area (Å²) in [4.78, 5) is 31.5. The number of aromatic nitrogens is 1. The van der Waals surface area contributed by atoms with Gasteiger partial charge in [0.25, 0.3) is 0 Å². The second-order valence-corrected chi connectivity index (χ2v) is 10.3. The number of carbonyl (C=O) groups is 2. The number of thiophene rings is 1. The lowest BCUT2D eigenvalue weighted by molar-refractivity contribution is -0.115. The number of fused-ring (bicyclic) bond motifs is 2. The minimum atomic E-state index is -0.329. The van der Waals surface area contributed by atoms with Crippen molar-refractivity contribution in [3.8, 4) is 0 Å². The molecule has 1 aliphatic carbocycles. The van der Waals surface area contributed by atoms with Crippen molar-refractivity contribution in [1.82, 2.24) is 4.98 Å². The number of ether oxygens (including phenoxy) is 1. The highest BCUT2D eigenvalue weighted by molar-refractivity contribution is 8.00. The van der Waals surface area contributed by atoms with Gasteiger partial charge in [-0.15, -0.1) is 23.1 Å². The molecule has 0 aliphatic heterocycles. The Morgan fingerprint density at radius 1 is 1.23 bits per heavy atom. The van der Waals surface area contributed by atoms with Crippen LogP contribution in [-0.2, 0) is 22.4 Å². The zero-order chi connectivity index (χ0) is 22.0. The summed E-state index contributed by atoms with van der Waals surface area (Å²) in [7, 11) is 0. The summed E-state index contributed by atoms with van der Waals surface area (Å²) in [6, 6.07) is 8.12. The van der Waals surface area contributed by atoms with E-state index in [0.29, 0.717) is 17.2 Å². The molecule has 2 N–H and O–H groups in total. The number of carbonyl (C=O) groups excluding carboxylic acids is 2. The number of benzene rings is 1. The second kappa shape index (κ2) is 9.49. The van der Waals surface area contributed by atoms with Gasteiger partial charge in [0, 0.05) is 26.4 Å². The lowest BCUT2D eigenvalue weighted by Gasteiger charge is -2.13. The molecule has 0 fully saturated rings. The molecule has 3 aromatic rings. The first-order valence-electron chi connectivity index (χ1n) is 10.9. The van der Waals surface area contributed by atoms with E-state index in [9.17, 15) is 9.59 Å². The average molecular weight is 457 g/mol. The van der Waals surface area contributed by atoms with E-state index >= 15 is 0 Å². The summed E-state index contributed by atoms with van der Waals surface area (Å²) >= 11 is 3.08. The molecule has 0 saturated heterocycles. The molecule has 1 atom stereocenters. The Labute approximate surface area is 191 Å². The van der Waals surface area contributed by atoms with E-state index in [1.807, 2.05) is 39.0 Å². The maximum atomic E-state index is 13.1. The van der Waals surface area contributed by atoms with Crippen LogP contribution in [-0.4, -0.2) is 28.7 Å². The molecule has 2 heterocycles. The lowest BCUT2D eigenvalue weighted by Crippen LogP contribution is -2.23. The van der Waals surface area contributed by atoms with E-state index in [0.717, 1.165) is 52.7 Å². The third kappa shape index (κ3) is 4.53. The molecule has 2 aromatic heterocycles. The number of H-pyrrole nitrogens is 1. The highest BCUT2D eigenvalue weighted by Gasteiger charge is 2.28. The van der Waals surface area contributed by atoms with Crippen molar-refractivity contribution in [2.75, 3.05) is 11.9 Å². The Hall–Kier alpha value is -2.25. The van der Waals surface area contributed by atoms with Crippen LogP contribution in [0.5, 0.6) is 0 Å². The van der Waals surface area contributed by atoms with Crippen molar-refractivity contribution < 1.29 is 14.3 Å². The van der Waals surface area contributed by atoms with Gasteiger partial charge in [-0.25, -0.2) is 4.79 Å². The smallest absolute Gasteiger partial charge is 0.341 e. The third-order valence-electron chi connectivity index (χ3n) is 5.64. The topological polar surface area (TPSA) is 71.2 Å². The fourth-order valence-electron chi connectivity index (χ4n) is 4.10. The van der Waals surface area contributed by atoms with Gasteiger partial charge in [-0.2, -0.15) is 0 Å². The van der Waals surface area contributed by atoms with Gasteiger partial charge in [0.05, 0.1) is 17.4 Å². The van der Waals surface area contributed by atoms with Gasteiger partial charge >= 0.3 is 5.97 Å². The van der Waals surface area contributed by atoms with E-state index < -0.39 is 0 Å². The molecule has 164 valence electrons. The highest BCUT2D eigenvalue weighted by Crippen LogP contribution is 2.39.